The zero-order valence-corrected chi connectivity index (χ0v) is 16.0. The Balaban J connectivity index is 1.58. The van der Waals surface area contributed by atoms with Crippen LogP contribution in [0.15, 0.2) is 80.8 Å². The van der Waals surface area contributed by atoms with Gasteiger partial charge in [-0.25, -0.2) is 4.68 Å². The van der Waals surface area contributed by atoms with Crippen molar-refractivity contribution in [2.24, 2.45) is 15.4 Å². The molecule has 2 aliphatic rings. The number of nitrogens with zero attached hydrogens (tertiary/aromatic N) is 5. The van der Waals surface area contributed by atoms with Gasteiger partial charge in [-0.2, -0.15) is 23.4 Å². The fourth-order valence-electron chi connectivity index (χ4n) is 3.54. The van der Waals surface area contributed by atoms with Crippen molar-refractivity contribution < 1.29 is 18.0 Å². The lowest BCUT2D eigenvalue weighted by molar-refractivity contribution is -0.143. The molecule has 0 saturated heterocycles. The number of fused-ring (bicyclic) bond motifs is 2. The zero-order chi connectivity index (χ0) is 22.5. The van der Waals surface area contributed by atoms with Gasteiger partial charge in [0.05, 0.1) is 23.2 Å². The maximum atomic E-state index is 14.0. The molecule has 0 fully saturated rings. The Morgan fingerprint density at radius 3 is 2.84 bits per heavy atom. The van der Waals surface area contributed by atoms with Crippen molar-refractivity contribution in [2.45, 2.75) is 12.2 Å². The van der Waals surface area contributed by atoms with Crippen LogP contribution in [-0.4, -0.2) is 32.4 Å². The minimum Gasteiger partial charge on any atom is -0.329 e. The summed E-state index contributed by atoms with van der Waals surface area (Å²) < 4.78 is 42.7. The molecule has 9 nitrogen and oxygen atoms in total. The lowest BCUT2D eigenvalue weighted by Gasteiger charge is -2.15. The van der Waals surface area contributed by atoms with Gasteiger partial charge in [0.25, 0.3) is 11.5 Å². The van der Waals surface area contributed by atoms with Crippen LogP contribution in [0, 0.1) is 0 Å². The molecule has 160 valence electrons. The van der Waals surface area contributed by atoms with Crippen molar-refractivity contribution in [3.05, 3.63) is 82.2 Å². The Bertz CT molecular complexity index is 1440. The first kappa shape index (κ1) is 19.6. The van der Waals surface area contributed by atoms with Gasteiger partial charge in [-0.1, -0.05) is 12.1 Å². The third kappa shape index (κ3) is 3.21. The second-order valence-electron chi connectivity index (χ2n) is 6.95. The highest BCUT2D eigenvalue weighted by molar-refractivity contribution is 6.05. The number of halogens is 3. The summed E-state index contributed by atoms with van der Waals surface area (Å²) in [5.41, 5.74) is -1.65. The normalized spacial score (nSPS) is 17.3. The molecule has 0 spiro atoms. The monoisotopic (exact) mass is 439 g/mol. The number of aromatic nitrogens is 3. The van der Waals surface area contributed by atoms with Crippen molar-refractivity contribution >= 4 is 22.4 Å². The zero-order valence-electron chi connectivity index (χ0n) is 16.0. The summed E-state index contributed by atoms with van der Waals surface area (Å²) in [6, 6.07) is 5.44. The number of carbonyl (C=O) groups excluding carboxylic acids is 1. The Morgan fingerprint density at radius 1 is 1.19 bits per heavy atom. The van der Waals surface area contributed by atoms with Gasteiger partial charge in [-0.05, 0) is 35.6 Å². The second kappa shape index (κ2) is 7.11. The first-order valence-electron chi connectivity index (χ1n) is 9.28. The molecule has 3 heterocycles. The summed E-state index contributed by atoms with van der Waals surface area (Å²) in [6.45, 7) is 0. The summed E-state index contributed by atoms with van der Waals surface area (Å²) in [5.74, 6) is -0.997. The van der Waals surface area contributed by atoms with E-state index < -0.39 is 28.9 Å². The molecular weight excluding hydrogens is 427 g/mol. The average Bonchev–Trinajstić information content (AvgIpc) is 3.40. The van der Waals surface area contributed by atoms with Gasteiger partial charge >= 0.3 is 6.18 Å². The van der Waals surface area contributed by atoms with E-state index in [-0.39, 0.29) is 28.2 Å². The van der Waals surface area contributed by atoms with E-state index in [1.165, 1.54) is 42.6 Å². The molecule has 1 aliphatic heterocycles. The van der Waals surface area contributed by atoms with E-state index >= 15 is 0 Å². The van der Waals surface area contributed by atoms with E-state index in [4.69, 9.17) is 0 Å². The molecular formula is C20H12F3N7O2. The van der Waals surface area contributed by atoms with Crippen LogP contribution >= 0.6 is 0 Å². The van der Waals surface area contributed by atoms with Crippen molar-refractivity contribution in [1.29, 1.82) is 0 Å². The van der Waals surface area contributed by atoms with Gasteiger partial charge in [-0.3, -0.25) is 9.59 Å². The van der Waals surface area contributed by atoms with Gasteiger partial charge in [0.1, 0.15) is 6.04 Å². The van der Waals surface area contributed by atoms with Crippen molar-refractivity contribution in [3.8, 4) is 5.69 Å². The summed E-state index contributed by atoms with van der Waals surface area (Å²) in [4.78, 5) is 27.3. The number of aromatic amines is 1. The molecule has 5 rings (SSSR count). The average molecular weight is 439 g/mol. The number of H-pyrrole nitrogens is 1. The van der Waals surface area contributed by atoms with E-state index in [1.54, 1.807) is 6.08 Å². The molecule has 1 atom stereocenters. The number of alkyl halides is 3. The maximum absolute atomic E-state index is 14.0. The highest BCUT2D eigenvalue weighted by atomic mass is 19.4. The van der Waals surface area contributed by atoms with Crippen LogP contribution in [-0.2, 0) is 6.18 Å². The molecule has 2 N–H and O–H groups in total. The Kier molecular flexibility index (Phi) is 4.36. The smallest absolute Gasteiger partial charge is 0.329 e. The highest BCUT2D eigenvalue weighted by Crippen LogP contribution is 2.35. The molecule has 1 aromatic carbocycles. The van der Waals surface area contributed by atoms with Gasteiger partial charge in [0, 0.05) is 22.7 Å². The fraction of sp³-hybridized carbons (Fsp3) is 0.100. The van der Waals surface area contributed by atoms with Crippen LogP contribution in [0.1, 0.15) is 16.1 Å². The van der Waals surface area contributed by atoms with Crippen molar-refractivity contribution in [3.63, 3.8) is 0 Å². The molecule has 1 amide bonds. The summed E-state index contributed by atoms with van der Waals surface area (Å²) in [7, 11) is 0. The number of benzene rings is 1. The first-order valence-corrected chi connectivity index (χ1v) is 9.28. The van der Waals surface area contributed by atoms with Crippen molar-refractivity contribution in [1.82, 2.24) is 20.1 Å². The first-order chi connectivity index (χ1) is 15.3. The topological polar surface area (TPSA) is 117 Å². The number of hydrogen-bond acceptors (Lipinski definition) is 6. The molecule has 2 aromatic heterocycles. The third-order valence-electron chi connectivity index (χ3n) is 4.96. The van der Waals surface area contributed by atoms with Crippen LogP contribution in [0.5, 0.6) is 0 Å². The van der Waals surface area contributed by atoms with E-state index in [2.05, 4.69) is 30.8 Å². The number of amides is 1. The number of pyridine rings is 1. The lowest BCUT2D eigenvalue weighted by atomic mass is 10.1. The minimum absolute atomic E-state index is 0.0168. The van der Waals surface area contributed by atoms with E-state index in [1.807, 2.05) is 0 Å². The molecule has 32 heavy (non-hydrogen) atoms. The van der Waals surface area contributed by atoms with Gasteiger partial charge in [0.2, 0.25) is 0 Å². The molecule has 1 aliphatic carbocycles. The van der Waals surface area contributed by atoms with Gasteiger partial charge in [-0.15, -0.1) is 5.10 Å². The van der Waals surface area contributed by atoms with Crippen LogP contribution in [0.2, 0.25) is 0 Å². The van der Waals surface area contributed by atoms with E-state index in [0.29, 0.717) is 10.4 Å². The van der Waals surface area contributed by atoms with E-state index in [0.717, 1.165) is 6.20 Å². The molecule has 12 heteroatoms. The quantitative estimate of drug-likeness (QED) is 0.653. The SMILES string of the molecule is O=C(NC1=CC2=NN=NC2C=C1)c1cnn(-c2cccc3c(=O)[nH]ccc23)c1C(F)(F)F. The lowest BCUT2D eigenvalue weighted by Crippen LogP contribution is -2.28. The van der Waals surface area contributed by atoms with Gasteiger partial charge in [0.15, 0.2) is 5.69 Å². The molecule has 0 saturated carbocycles. The van der Waals surface area contributed by atoms with Crippen LogP contribution in [0.4, 0.5) is 13.2 Å². The largest absolute Gasteiger partial charge is 0.434 e. The third-order valence-corrected chi connectivity index (χ3v) is 4.96. The summed E-state index contributed by atoms with van der Waals surface area (Å²) >= 11 is 0. The number of hydrogen-bond donors (Lipinski definition) is 2. The van der Waals surface area contributed by atoms with Crippen LogP contribution in [0.3, 0.4) is 0 Å². The number of carbonyl (C=O) groups is 1. The predicted octanol–water partition coefficient (Wildman–Crippen LogP) is 3.11. The Hall–Kier alpha value is -4.35. The maximum Gasteiger partial charge on any atom is 0.434 e. The predicted molar refractivity (Wildman–Crippen MR) is 107 cm³/mol. The van der Waals surface area contributed by atoms with Crippen LogP contribution in [0.25, 0.3) is 16.5 Å². The highest BCUT2D eigenvalue weighted by Gasteiger charge is 2.41. The van der Waals surface area contributed by atoms with Gasteiger partial charge < -0.3 is 10.3 Å². The number of rotatable bonds is 3. The summed E-state index contributed by atoms with van der Waals surface area (Å²) in [6.07, 6.45) is 1.89. The number of allylic oxidation sites excluding steroid dienone is 1. The minimum atomic E-state index is -4.90. The second-order valence-corrected chi connectivity index (χ2v) is 6.95. The molecule has 0 radical (unpaired) electrons. The van der Waals surface area contributed by atoms with E-state index in [9.17, 15) is 22.8 Å². The standard InChI is InChI=1S/C20H12F3N7O2/c21-20(22,23)17-13(19(32)26-10-4-5-14-15(8-10)28-29-27-14)9-25-30(17)16-3-1-2-12-11(16)6-7-24-18(12)31/h1-9,14H,(H,24,31)(H,26,32). The molecule has 1 unspecified atom stereocenters. The number of nitrogens with one attached hydrogen (secondary N) is 2. The Labute approximate surface area is 176 Å². The molecule has 0 bridgehead atoms. The molecule has 3 aromatic rings. The van der Waals surface area contributed by atoms with Crippen molar-refractivity contribution in [2.75, 3.05) is 0 Å². The van der Waals surface area contributed by atoms with Crippen LogP contribution < -0.4 is 10.9 Å². The summed E-state index contributed by atoms with van der Waals surface area (Å²) in [5, 5.41) is 17.9. The fourth-order valence-corrected chi connectivity index (χ4v) is 3.54. The Morgan fingerprint density at radius 2 is 2.03 bits per heavy atom.